The van der Waals surface area contributed by atoms with Crippen LogP contribution in [0.4, 0.5) is 5.69 Å². The van der Waals surface area contributed by atoms with Crippen molar-refractivity contribution in [2.45, 2.75) is 70.5 Å². The fourth-order valence-corrected chi connectivity index (χ4v) is 4.63. The molecule has 1 aliphatic carbocycles. The summed E-state index contributed by atoms with van der Waals surface area (Å²) in [5, 5.41) is 7.40. The minimum atomic E-state index is -0.291. The van der Waals surface area contributed by atoms with Gasteiger partial charge < -0.3 is 10.2 Å². The Labute approximate surface area is 162 Å². The first-order valence-corrected chi connectivity index (χ1v) is 10.4. The molecule has 0 aromatic heterocycles. The highest BCUT2D eigenvalue weighted by atomic mass is 16.2. The van der Waals surface area contributed by atoms with E-state index in [1.165, 1.54) is 18.4 Å². The Hall–Kier alpha value is -1.88. The van der Waals surface area contributed by atoms with Crippen LogP contribution in [0.3, 0.4) is 0 Å². The number of para-hydroxylation sites is 1. The number of hydrogen-bond acceptors (Lipinski definition) is 3. The van der Waals surface area contributed by atoms with Crippen molar-refractivity contribution in [2.24, 2.45) is 10.9 Å². The molecule has 2 aliphatic heterocycles. The number of rotatable bonds is 1. The molecule has 1 saturated carbocycles. The number of likely N-dealkylation sites (tertiary alicyclic amines) is 1. The molecule has 2 heterocycles. The molecular formula is C22H32N4O. The Morgan fingerprint density at radius 1 is 1.22 bits per heavy atom. The van der Waals surface area contributed by atoms with Gasteiger partial charge in [-0.05, 0) is 51.7 Å². The third kappa shape index (κ3) is 3.75. The molecule has 27 heavy (non-hydrogen) atoms. The van der Waals surface area contributed by atoms with Gasteiger partial charge in [0.15, 0.2) is 0 Å². The molecule has 1 spiro atoms. The topological polar surface area (TPSA) is 56.7 Å². The van der Waals surface area contributed by atoms with Crippen LogP contribution in [0.2, 0.25) is 0 Å². The van der Waals surface area contributed by atoms with Gasteiger partial charge in [0, 0.05) is 31.2 Å². The predicted octanol–water partition coefficient (Wildman–Crippen LogP) is 3.56. The summed E-state index contributed by atoms with van der Waals surface area (Å²) in [5.41, 5.74) is 1.89. The summed E-state index contributed by atoms with van der Waals surface area (Å²) in [5.74, 6) is 1.56. The lowest BCUT2D eigenvalue weighted by Crippen LogP contribution is -2.56. The summed E-state index contributed by atoms with van der Waals surface area (Å²) in [6.07, 6.45) is 5.41. The Bertz CT molecular complexity index is 745. The van der Waals surface area contributed by atoms with Gasteiger partial charge in [-0.3, -0.25) is 15.1 Å². The van der Waals surface area contributed by atoms with Crippen LogP contribution in [0.5, 0.6) is 0 Å². The van der Waals surface area contributed by atoms with Gasteiger partial charge in [0.05, 0.1) is 11.1 Å². The van der Waals surface area contributed by atoms with E-state index in [2.05, 4.69) is 60.6 Å². The zero-order valence-electron chi connectivity index (χ0n) is 16.8. The van der Waals surface area contributed by atoms with E-state index >= 15 is 0 Å². The molecule has 4 rings (SSSR count). The molecule has 0 radical (unpaired) electrons. The van der Waals surface area contributed by atoms with Crippen molar-refractivity contribution >= 4 is 17.4 Å². The van der Waals surface area contributed by atoms with Gasteiger partial charge >= 0.3 is 0 Å². The molecule has 3 aliphatic rings. The standard InChI is InChI=1S/C22H32N4O/c1-21(2,3)25-20-22(23-14-17-10-6-7-11-18(17)24-20)12-13-26(15-22)19(27)16-8-4-5-9-16/h6-7,10-11,16,23H,4-5,8-9,12-15H2,1-3H3,(H,24,25). The Balaban J connectivity index is 1.63. The summed E-state index contributed by atoms with van der Waals surface area (Å²) in [4.78, 5) is 20.1. The van der Waals surface area contributed by atoms with E-state index < -0.39 is 0 Å². The molecular weight excluding hydrogens is 336 g/mol. The normalized spacial score (nSPS) is 27.7. The van der Waals surface area contributed by atoms with Crippen molar-refractivity contribution in [2.75, 3.05) is 18.4 Å². The van der Waals surface area contributed by atoms with Crippen molar-refractivity contribution in [1.82, 2.24) is 10.2 Å². The lowest BCUT2D eigenvalue weighted by atomic mass is 9.95. The molecule has 2 N–H and O–H groups in total. The SMILES string of the molecule is CC(C)(C)N=C1Nc2ccccc2CNC12CCN(C(=O)C1CCCC1)C2. The summed E-state index contributed by atoms with van der Waals surface area (Å²) in [6, 6.07) is 8.40. The number of fused-ring (bicyclic) bond motifs is 1. The molecule has 1 aromatic carbocycles. The second-order valence-electron chi connectivity index (χ2n) is 9.34. The zero-order valence-corrected chi connectivity index (χ0v) is 16.8. The monoisotopic (exact) mass is 368 g/mol. The van der Waals surface area contributed by atoms with E-state index in [4.69, 9.17) is 4.99 Å². The second-order valence-corrected chi connectivity index (χ2v) is 9.34. The highest BCUT2D eigenvalue weighted by Crippen LogP contribution is 2.33. The Morgan fingerprint density at radius 2 is 1.96 bits per heavy atom. The molecule has 1 atom stereocenters. The van der Waals surface area contributed by atoms with Crippen molar-refractivity contribution in [3.8, 4) is 0 Å². The minimum Gasteiger partial charge on any atom is -0.342 e. The molecule has 1 unspecified atom stereocenters. The molecule has 0 bridgehead atoms. The quantitative estimate of drug-likeness (QED) is 0.797. The molecule has 5 heteroatoms. The minimum absolute atomic E-state index is 0.181. The van der Waals surface area contributed by atoms with Gasteiger partial charge in [0.1, 0.15) is 5.84 Å². The Kier molecular flexibility index (Phi) is 4.75. The van der Waals surface area contributed by atoms with Gasteiger partial charge in [0.25, 0.3) is 0 Å². The van der Waals surface area contributed by atoms with Crippen molar-refractivity contribution < 1.29 is 4.79 Å². The summed E-state index contributed by atoms with van der Waals surface area (Å²) >= 11 is 0. The average Bonchev–Trinajstić information content (AvgIpc) is 3.27. The van der Waals surface area contributed by atoms with Crippen LogP contribution in [0.15, 0.2) is 29.3 Å². The maximum absolute atomic E-state index is 13.0. The van der Waals surface area contributed by atoms with Crippen LogP contribution in [-0.4, -0.2) is 40.8 Å². The van der Waals surface area contributed by atoms with Gasteiger partial charge in [-0.2, -0.15) is 0 Å². The van der Waals surface area contributed by atoms with Crippen LogP contribution in [0.25, 0.3) is 0 Å². The maximum atomic E-state index is 13.0. The smallest absolute Gasteiger partial charge is 0.225 e. The van der Waals surface area contributed by atoms with Crippen molar-refractivity contribution in [1.29, 1.82) is 0 Å². The molecule has 1 saturated heterocycles. The first kappa shape index (κ1) is 18.5. The number of anilines is 1. The Morgan fingerprint density at radius 3 is 2.70 bits per heavy atom. The second kappa shape index (κ2) is 6.93. The number of nitrogens with zero attached hydrogens (tertiary/aromatic N) is 2. The summed E-state index contributed by atoms with van der Waals surface area (Å²) < 4.78 is 0. The van der Waals surface area contributed by atoms with Gasteiger partial charge in [-0.1, -0.05) is 31.0 Å². The van der Waals surface area contributed by atoms with Crippen molar-refractivity contribution in [3.63, 3.8) is 0 Å². The lowest BCUT2D eigenvalue weighted by molar-refractivity contribution is -0.134. The van der Waals surface area contributed by atoms with Gasteiger partial charge in [0.2, 0.25) is 5.91 Å². The van der Waals surface area contributed by atoms with Crippen LogP contribution in [0.1, 0.15) is 58.4 Å². The molecule has 1 amide bonds. The number of carbonyl (C=O) groups is 1. The van der Waals surface area contributed by atoms with Crippen LogP contribution in [0, 0.1) is 5.92 Å². The summed E-state index contributed by atoms with van der Waals surface area (Å²) in [7, 11) is 0. The fraction of sp³-hybridized carbons (Fsp3) is 0.636. The number of nitrogens with one attached hydrogen (secondary N) is 2. The van der Waals surface area contributed by atoms with Crippen LogP contribution in [-0.2, 0) is 11.3 Å². The van der Waals surface area contributed by atoms with Crippen LogP contribution >= 0.6 is 0 Å². The summed E-state index contributed by atoms with van der Waals surface area (Å²) in [6.45, 7) is 8.69. The van der Waals surface area contributed by atoms with Crippen LogP contribution < -0.4 is 10.6 Å². The van der Waals surface area contributed by atoms with Gasteiger partial charge in [-0.15, -0.1) is 0 Å². The molecule has 2 fully saturated rings. The fourth-order valence-electron chi connectivity index (χ4n) is 4.63. The van der Waals surface area contributed by atoms with E-state index in [1.54, 1.807) is 0 Å². The molecule has 146 valence electrons. The first-order valence-electron chi connectivity index (χ1n) is 10.4. The van der Waals surface area contributed by atoms with E-state index in [0.717, 1.165) is 43.9 Å². The van der Waals surface area contributed by atoms with E-state index in [0.29, 0.717) is 12.5 Å². The zero-order chi connectivity index (χ0) is 19.1. The molecule has 5 nitrogen and oxygen atoms in total. The highest BCUT2D eigenvalue weighted by molar-refractivity contribution is 6.04. The number of amidine groups is 1. The predicted molar refractivity (Wildman–Crippen MR) is 110 cm³/mol. The van der Waals surface area contributed by atoms with E-state index in [-0.39, 0.29) is 17.0 Å². The number of amides is 1. The number of carbonyl (C=O) groups excluding carboxylic acids is 1. The lowest BCUT2D eigenvalue weighted by Gasteiger charge is -2.32. The first-order chi connectivity index (χ1) is 12.9. The van der Waals surface area contributed by atoms with Gasteiger partial charge in [-0.25, -0.2) is 0 Å². The van der Waals surface area contributed by atoms with E-state index in [1.807, 2.05) is 0 Å². The van der Waals surface area contributed by atoms with E-state index in [9.17, 15) is 4.79 Å². The average molecular weight is 369 g/mol. The maximum Gasteiger partial charge on any atom is 0.225 e. The number of benzene rings is 1. The third-order valence-corrected chi connectivity index (χ3v) is 6.07. The van der Waals surface area contributed by atoms with Crippen molar-refractivity contribution in [3.05, 3.63) is 29.8 Å². The highest BCUT2D eigenvalue weighted by Gasteiger charge is 2.46. The third-order valence-electron chi connectivity index (χ3n) is 6.07. The molecule has 1 aromatic rings. The largest absolute Gasteiger partial charge is 0.342 e. The number of aliphatic imine (C=N–C) groups is 1. The number of hydrogen-bond donors (Lipinski definition) is 2.